The van der Waals surface area contributed by atoms with Crippen LogP contribution < -0.4 is 15.4 Å². The molecule has 2 aromatic heterocycles. The monoisotopic (exact) mass is 463 g/mol. The first-order valence-electron chi connectivity index (χ1n) is 11.3. The Kier molecular flexibility index (Phi) is 5.87. The molecule has 0 spiro atoms. The average molecular weight is 463 g/mol. The van der Waals surface area contributed by atoms with Gasteiger partial charge in [0.2, 0.25) is 17.3 Å². The first kappa shape index (κ1) is 21.9. The molecule has 176 valence electrons. The molecule has 1 fully saturated rings. The number of hydrogen-bond donors (Lipinski definition) is 2. The van der Waals surface area contributed by atoms with Crippen LogP contribution in [-0.2, 0) is 4.79 Å². The number of hydrogen-bond acceptors (Lipinski definition) is 7. The van der Waals surface area contributed by atoms with E-state index in [0.29, 0.717) is 41.7 Å². The molecule has 4 heterocycles. The highest BCUT2D eigenvalue weighted by molar-refractivity contribution is 6.03. The van der Waals surface area contributed by atoms with E-state index in [-0.39, 0.29) is 55.1 Å². The van der Waals surface area contributed by atoms with Crippen molar-refractivity contribution in [2.45, 2.75) is 38.3 Å². The van der Waals surface area contributed by atoms with Crippen LogP contribution in [0.15, 0.2) is 41.1 Å². The van der Waals surface area contributed by atoms with E-state index in [9.17, 15) is 14.4 Å². The molecule has 2 N–H and O–H groups in total. The van der Waals surface area contributed by atoms with Crippen LogP contribution in [0, 0.1) is 6.92 Å². The predicted octanol–water partition coefficient (Wildman–Crippen LogP) is 1.83. The fraction of sp³-hybridized carbons (Fsp3) is 0.375. The van der Waals surface area contributed by atoms with Crippen LogP contribution in [0.5, 0.6) is 5.75 Å². The molecule has 0 saturated carbocycles. The van der Waals surface area contributed by atoms with E-state index in [2.05, 4.69) is 20.8 Å². The van der Waals surface area contributed by atoms with Crippen molar-refractivity contribution in [2.75, 3.05) is 19.7 Å². The predicted molar refractivity (Wildman–Crippen MR) is 121 cm³/mol. The largest absolute Gasteiger partial charge is 0.491 e. The fourth-order valence-corrected chi connectivity index (χ4v) is 4.60. The third-order valence-electron chi connectivity index (χ3n) is 6.35. The van der Waals surface area contributed by atoms with Gasteiger partial charge in [-0.15, -0.1) is 0 Å². The van der Waals surface area contributed by atoms with Gasteiger partial charge in [-0.3, -0.25) is 14.4 Å². The summed E-state index contributed by atoms with van der Waals surface area (Å²) in [4.78, 5) is 44.9. The number of carbonyl (C=O) groups excluding carboxylic acids is 3. The van der Waals surface area contributed by atoms with Crippen molar-refractivity contribution < 1.29 is 23.6 Å². The molecule has 3 aromatic rings. The van der Waals surface area contributed by atoms with Crippen molar-refractivity contribution >= 4 is 28.8 Å². The summed E-state index contributed by atoms with van der Waals surface area (Å²) in [5, 5.41) is 10.2. The maximum atomic E-state index is 13.6. The highest BCUT2D eigenvalue weighted by Gasteiger charge is 2.40. The summed E-state index contributed by atoms with van der Waals surface area (Å²) in [5.74, 6) is -0.0999. The van der Waals surface area contributed by atoms with Crippen molar-refractivity contribution in [1.29, 1.82) is 0 Å². The summed E-state index contributed by atoms with van der Waals surface area (Å²) in [6, 6.07) is 8.07. The number of pyridine rings is 1. The van der Waals surface area contributed by atoms with Gasteiger partial charge < -0.3 is 24.8 Å². The molecule has 0 radical (unpaired) electrons. The number of carbonyl (C=O) groups is 3. The summed E-state index contributed by atoms with van der Waals surface area (Å²) in [6.45, 7) is 2.73. The topological polar surface area (TPSA) is 127 Å². The third-order valence-corrected chi connectivity index (χ3v) is 6.35. The van der Waals surface area contributed by atoms with Gasteiger partial charge in [0.05, 0.1) is 11.9 Å². The zero-order valence-electron chi connectivity index (χ0n) is 18.7. The van der Waals surface area contributed by atoms with E-state index in [1.54, 1.807) is 35.4 Å². The number of nitrogens with zero attached hydrogens (tertiary/aromatic N) is 3. The molecular formula is C24H25N5O5. The van der Waals surface area contributed by atoms with Crippen molar-refractivity contribution in [2.24, 2.45) is 0 Å². The van der Waals surface area contributed by atoms with E-state index >= 15 is 0 Å². The number of aromatic nitrogens is 2. The van der Waals surface area contributed by atoms with E-state index in [1.165, 1.54) is 0 Å². The second kappa shape index (κ2) is 9.12. The van der Waals surface area contributed by atoms with E-state index < -0.39 is 0 Å². The highest BCUT2D eigenvalue weighted by Crippen LogP contribution is 2.30. The Balaban J connectivity index is 1.45. The van der Waals surface area contributed by atoms with Crippen molar-refractivity contribution in [1.82, 2.24) is 25.7 Å². The molecule has 0 unspecified atom stereocenters. The first-order chi connectivity index (χ1) is 16.5. The van der Waals surface area contributed by atoms with E-state index in [1.807, 2.05) is 13.0 Å². The van der Waals surface area contributed by atoms with Gasteiger partial charge in [0.1, 0.15) is 12.4 Å². The van der Waals surface area contributed by atoms with Gasteiger partial charge in [-0.2, -0.15) is 0 Å². The Morgan fingerprint density at radius 1 is 1.15 bits per heavy atom. The number of benzene rings is 1. The summed E-state index contributed by atoms with van der Waals surface area (Å²) in [5.41, 5.74) is 1.72. The minimum absolute atomic E-state index is 0.0845. The van der Waals surface area contributed by atoms with Crippen molar-refractivity contribution in [3.8, 4) is 5.75 Å². The molecule has 1 aromatic carbocycles. The smallest absolute Gasteiger partial charge is 0.293 e. The Morgan fingerprint density at radius 3 is 2.88 bits per heavy atom. The summed E-state index contributed by atoms with van der Waals surface area (Å²) >= 11 is 0. The second-order valence-electron chi connectivity index (χ2n) is 8.58. The standard InChI is InChI=1S/C24H25N5O5/c1-14-4-5-15-11-19(14)33-10-9-25-20(30)12-16-6-7-17(13-27-23(15)31)29(16)24(32)21-18-3-2-8-26-22(18)28-34-21/h2-5,8,11,16-17H,6-7,9-10,12-13H2,1H3,(H,25,30)(H,27,31)/t16-,17+/m0/s1. The number of nitrogens with one attached hydrogen (secondary N) is 2. The summed E-state index contributed by atoms with van der Waals surface area (Å²) < 4.78 is 11.1. The van der Waals surface area contributed by atoms with Gasteiger partial charge in [0.25, 0.3) is 11.8 Å². The number of fused-ring (bicyclic) bond motifs is 5. The second-order valence-corrected chi connectivity index (χ2v) is 8.58. The Hall–Kier alpha value is -3.95. The van der Waals surface area contributed by atoms with Gasteiger partial charge in [0.15, 0.2) is 0 Å². The Bertz CT molecular complexity index is 1260. The molecule has 2 atom stereocenters. The normalized spacial score (nSPS) is 21.3. The van der Waals surface area contributed by atoms with Gasteiger partial charge >= 0.3 is 0 Å². The zero-order chi connectivity index (χ0) is 23.7. The quantitative estimate of drug-likeness (QED) is 0.564. The van der Waals surface area contributed by atoms with Gasteiger partial charge in [0, 0.05) is 36.8 Å². The number of rotatable bonds is 1. The molecular weight excluding hydrogens is 438 g/mol. The SMILES string of the molecule is Cc1ccc2cc1OCCNC(=O)C[C@@H]1CC[C@H](CNC2=O)N1C(=O)c1onc2ncccc12. The lowest BCUT2D eigenvalue weighted by Crippen LogP contribution is -2.47. The zero-order valence-corrected chi connectivity index (χ0v) is 18.7. The van der Waals surface area contributed by atoms with Crippen LogP contribution in [-0.4, -0.2) is 64.5 Å². The minimum atomic E-state index is -0.365. The van der Waals surface area contributed by atoms with Gasteiger partial charge in [-0.05, 0) is 49.6 Å². The van der Waals surface area contributed by atoms with Crippen molar-refractivity contribution in [3.63, 3.8) is 0 Å². The molecule has 0 aliphatic carbocycles. The number of ether oxygens (including phenoxy) is 1. The Morgan fingerprint density at radius 2 is 2.00 bits per heavy atom. The molecule has 1 saturated heterocycles. The van der Waals surface area contributed by atoms with Crippen LogP contribution in [0.25, 0.3) is 11.0 Å². The van der Waals surface area contributed by atoms with Gasteiger partial charge in [-0.1, -0.05) is 11.2 Å². The lowest BCUT2D eigenvalue weighted by molar-refractivity contribution is -0.122. The lowest BCUT2D eigenvalue weighted by Gasteiger charge is -2.29. The maximum absolute atomic E-state index is 13.6. The lowest BCUT2D eigenvalue weighted by atomic mass is 10.1. The van der Waals surface area contributed by atoms with Crippen LogP contribution in [0.3, 0.4) is 0 Å². The molecule has 2 aliphatic rings. The summed E-state index contributed by atoms with van der Waals surface area (Å²) in [6.07, 6.45) is 3.01. The first-order valence-corrected chi connectivity index (χ1v) is 11.3. The van der Waals surface area contributed by atoms with Crippen LogP contribution in [0.2, 0.25) is 0 Å². The van der Waals surface area contributed by atoms with Crippen molar-refractivity contribution in [3.05, 3.63) is 53.4 Å². The van der Waals surface area contributed by atoms with Crippen LogP contribution in [0.4, 0.5) is 0 Å². The highest BCUT2D eigenvalue weighted by atomic mass is 16.5. The van der Waals surface area contributed by atoms with Gasteiger partial charge in [-0.25, -0.2) is 4.98 Å². The third kappa shape index (κ3) is 4.18. The average Bonchev–Trinajstić information content (AvgIpc) is 3.44. The van der Waals surface area contributed by atoms with Crippen LogP contribution >= 0.6 is 0 Å². The number of amides is 3. The molecule has 2 aliphatic heterocycles. The maximum Gasteiger partial charge on any atom is 0.293 e. The summed E-state index contributed by atoms with van der Waals surface area (Å²) in [7, 11) is 0. The number of aryl methyl sites for hydroxylation is 1. The van der Waals surface area contributed by atoms with E-state index in [4.69, 9.17) is 9.26 Å². The van der Waals surface area contributed by atoms with E-state index in [0.717, 1.165) is 5.56 Å². The molecule has 10 nitrogen and oxygen atoms in total. The molecule has 5 rings (SSSR count). The molecule has 34 heavy (non-hydrogen) atoms. The minimum Gasteiger partial charge on any atom is -0.491 e. The molecule has 4 bridgehead atoms. The molecule has 10 heteroatoms. The molecule has 3 amide bonds. The fourth-order valence-electron chi connectivity index (χ4n) is 4.60. The Labute approximate surface area is 195 Å². The van der Waals surface area contributed by atoms with Crippen LogP contribution in [0.1, 0.15) is 45.7 Å².